The molecule has 1 aromatic heterocycles. The standard InChI is InChI=1S/C16H25N3O2/c1-2-19-10-14(8-17-19)21-16-12-18(11-15(16)20)9-13-6-4-3-5-7-13/h6,8,10,15-16,20H,2-5,7,9,11-12H2,1H3/t15-,16-/m1/s1. The SMILES string of the molecule is CCn1cc(O[C@@H]2CN(CC3=CCCCC3)C[C@H]2O)cn1. The van der Waals surface area contributed by atoms with Gasteiger partial charge in [-0.1, -0.05) is 11.6 Å². The molecule has 3 rings (SSSR count). The van der Waals surface area contributed by atoms with E-state index in [0.717, 1.165) is 25.4 Å². The zero-order valence-electron chi connectivity index (χ0n) is 12.7. The molecule has 0 bridgehead atoms. The fourth-order valence-electron chi connectivity index (χ4n) is 3.17. The first-order valence-electron chi connectivity index (χ1n) is 8.02. The molecule has 2 heterocycles. The third-order valence-corrected chi connectivity index (χ3v) is 4.35. The van der Waals surface area contributed by atoms with Gasteiger partial charge in [-0.3, -0.25) is 9.58 Å². The average Bonchev–Trinajstić information content (AvgIpc) is 3.08. The maximum absolute atomic E-state index is 10.2. The van der Waals surface area contributed by atoms with Crippen molar-refractivity contribution in [3.8, 4) is 5.75 Å². The van der Waals surface area contributed by atoms with E-state index >= 15 is 0 Å². The summed E-state index contributed by atoms with van der Waals surface area (Å²) in [6.07, 6.45) is 10.5. The van der Waals surface area contributed by atoms with Crippen LogP contribution in [0.5, 0.6) is 5.75 Å². The van der Waals surface area contributed by atoms with Gasteiger partial charge in [0.25, 0.3) is 0 Å². The Balaban J connectivity index is 1.54. The summed E-state index contributed by atoms with van der Waals surface area (Å²) in [6.45, 7) is 5.34. The van der Waals surface area contributed by atoms with E-state index < -0.39 is 6.10 Å². The van der Waals surface area contributed by atoms with Crippen molar-refractivity contribution in [1.82, 2.24) is 14.7 Å². The fraction of sp³-hybridized carbons (Fsp3) is 0.688. The second kappa shape index (κ2) is 6.62. The van der Waals surface area contributed by atoms with Crippen molar-refractivity contribution in [3.05, 3.63) is 24.0 Å². The number of aryl methyl sites for hydroxylation is 1. The van der Waals surface area contributed by atoms with Gasteiger partial charge in [0.2, 0.25) is 0 Å². The molecule has 2 aliphatic rings. The summed E-state index contributed by atoms with van der Waals surface area (Å²) in [4.78, 5) is 2.30. The molecule has 1 saturated heterocycles. The van der Waals surface area contributed by atoms with Crippen LogP contribution in [0.25, 0.3) is 0 Å². The smallest absolute Gasteiger partial charge is 0.157 e. The van der Waals surface area contributed by atoms with Gasteiger partial charge in [-0.05, 0) is 32.6 Å². The van der Waals surface area contributed by atoms with Crippen molar-refractivity contribution in [2.24, 2.45) is 0 Å². The molecular formula is C16H25N3O2. The molecule has 1 aromatic rings. The Bertz CT molecular complexity index is 497. The van der Waals surface area contributed by atoms with Crippen molar-refractivity contribution in [3.63, 3.8) is 0 Å². The Morgan fingerprint density at radius 1 is 1.38 bits per heavy atom. The van der Waals surface area contributed by atoms with Gasteiger partial charge in [-0.25, -0.2) is 0 Å². The quantitative estimate of drug-likeness (QED) is 0.841. The highest BCUT2D eigenvalue weighted by atomic mass is 16.5. The predicted octanol–water partition coefficient (Wildman–Crippen LogP) is 1.83. The number of allylic oxidation sites excluding steroid dienone is 1. The van der Waals surface area contributed by atoms with Crippen LogP contribution in [0, 0.1) is 0 Å². The summed E-state index contributed by atoms with van der Waals surface area (Å²) in [5, 5.41) is 14.4. The number of hydrogen-bond acceptors (Lipinski definition) is 4. The Morgan fingerprint density at radius 3 is 3.00 bits per heavy atom. The van der Waals surface area contributed by atoms with E-state index in [9.17, 15) is 5.11 Å². The minimum atomic E-state index is -0.417. The summed E-state index contributed by atoms with van der Waals surface area (Å²) in [6, 6.07) is 0. The van der Waals surface area contributed by atoms with Crippen LogP contribution in [-0.4, -0.2) is 51.6 Å². The van der Waals surface area contributed by atoms with Crippen LogP contribution in [0.3, 0.4) is 0 Å². The number of nitrogens with zero attached hydrogens (tertiary/aromatic N) is 3. The molecule has 0 spiro atoms. The molecule has 2 atom stereocenters. The first-order chi connectivity index (χ1) is 10.2. The number of ether oxygens (including phenoxy) is 1. The van der Waals surface area contributed by atoms with E-state index in [2.05, 4.69) is 16.1 Å². The van der Waals surface area contributed by atoms with Crippen LogP contribution >= 0.6 is 0 Å². The maximum atomic E-state index is 10.2. The third kappa shape index (κ3) is 3.66. The second-order valence-corrected chi connectivity index (χ2v) is 6.06. The van der Waals surface area contributed by atoms with Gasteiger partial charge in [0.15, 0.2) is 5.75 Å². The number of aromatic nitrogens is 2. The molecule has 21 heavy (non-hydrogen) atoms. The zero-order chi connectivity index (χ0) is 14.7. The molecule has 116 valence electrons. The average molecular weight is 291 g/mol. The van der Waals surface area contributed by atoms with E-state index in [1.165, 1.54) is 31.3 Å². The molecular weight excluding hydrogens is 266 g/mol. The topological polar surface area (TPSA) is 50.5 Å². The number of rotatable bonds is 5. The second-order valence-electron chi connectivity index (χ2n) is 6.06. The van der Waals surface area contributed by atoms with Crippen molar-refractivity contribution in [2.75, 3.05) is 19.6 Å². The first kappa shape index (κ1) is 14.6. The van der Waals surface area contributed by atoms with E-state index in [1.54, 1.807) is 6.20 Å². The van der Waals surface area contributed by atoms with E-state index in [0.29, 0.717) is 6.54 Å². The molecule has 1 aliphatic heterocycles. The Kier molecular flexibility index (Phi) is 4.60. The lowest BCUT2D eigenvalue weighted by atomic mass is 9.99. The van der Waals surface area contributed by atoms with Crippen molar-refractivity contribution < 1.29 is 9.84 Å². The lowest BCUT2D eigenvalue weighted by molar-refractivity contribution is 0.0736. The fourth-order valence-corrected chi connectivity index (χ4v) is 3.17. The largest absolute Gasteiger partial charge is 0.483 e. The van der Waals surface area contributed by atoms with Gasteiger partial charge >= 0.3 is 0 Å². The van der Waals surface area contributed by atoms with Crippen LogP contribution in [0.4, 0.5) is 0 Å². The lowest BCUT2D eigenvalue weighted by Gasteiger charge is -2.20. The molecule has 0 radical (unpaired) electrons. The maximum Gasteiger partial charge on any atom is 0.157 e. The monoisotopic (exact) mass is 291 g/mol. The molecule has 5 nitrogen and oxygen atoms in total. The Morgan fingerprint density at radius 2 is 2.29 bits per heavy atom. The van der Waals surface area contributed by atoms with Gasteiger partial charge in [0, 0.05) is 26.2 Å². The van der Waals surface area contributed by atoms with Crippen LogP contribution in [0.2, 0.25) is 0 Å². The van der Waals surface area contributed by atoms with E-state index in [-0.39, 0.29) is 6.10 Å². The highest BCUT2D eigenvalue weighted by Crippen LogP contribution is 2.22. The van der Waals surface area contributed by atoms with Gasteiger partial charge in [0.1, 0.15) is 12.2 Å². The van der Waals surface area contributed by atoms with Gasteiger partial charge in [-0.15, -0.1) is 0 Å². The molecule has 1 aliphatic carbocycles. The van der Waals surface area contributed by atoms with Crippen molar-refractivity contribution >= 4 is 0 Å². The predicted molar refractivity (Wildman–Crippen MR) is 81.3 cm³/mol. The van der Waals surface area contributed by atoms with E-state index in [4.69, 9.17) is 4.74 Å². The molecule has 1 fully saturated rings. The summed E-state index contributed by atoms with van der Waals surface area (Å²) < 4.78 is 7.73. The number of aliphatic hydroxyl groups excluding tert-OH is 1. The zero-order valence-corrected chi connectivity index (χ0v) is 12.7. The highest BCUT2D eigenvalue weighted by molar-refractivity contribution is 5.14. The summed E-state index contributed by atoms with van der Waals surface area (Å²) in [5.41, 5.74) is 1.52. The summed E-state index contributed by atoms with van der Waals surface area (Å²) >= 11 is 0. The summed E-state index contributed by atoms with van der Waals surface area (Å²) in [7, 11) is 0. The molecule has 0 saturated carbocycles. The van der Waals surface area contributed by atoms with Crippen molar-refractivity contribution in [2.45, 2.75) is 51.4 Å². The van der Waals surface area contributed by atoms with Crippen molar-refractivity contribution in [1.29, 1.82) is 0 Å². The van der Waals surface area contributed by atoms with E-state index in [1.807, 2.05) is 17.8 Å². The van der Waals surface area contributed by atoms with Gasteiger partial charge < -0.3 is 9.84 Å². The van der Waals surface area contributed by atoms with Crippen LogP contribution in [0.1, 0.15) is 32.6 Å². The minimum absolute atomic E-state index is 0.149. The van der Waals surface area contributed by atoms with Gasteiger partial charge in [-0.2, -0.15) is 5.10 Å². The Hall–Kier alpha value is -1.33. The molecule has 0 unspecified atom stereocenters. The lowest BCUT2D eigenvalue weighted by Crippen LogP contribution is -2.30. The normalized spacial score (nSPS) is 26.9. The molecule has 1 N–H and O–H groups in total. The summed E-state index contributed by atoms with van der Waals surface area (Å²) in [5.74, 6) is 0.750. The van der Waals surface area contributed by atoms with Gasteiger partial charge in [0.05, 0.1) is 12.4 Å². The van der Waals surface area contributed by atoms with Crippen LogP contribution in [0.15, 0.2) is 24.0 Å². The number of hydrogen-bond donors (Lipinski definition) is 1. The first-order valence-corrected chi connectivity index (χ1v) is 8.02. The third-order valence-electron chi connectivity index (χ3n) is 4.35. The Labute approximate surface area is 126 Å². The minimum Gasteiger partial charge on any atom is -0.483 e. The highest BCUT2D eigenvalue weighted by Gasteiger charge is 2.33. The molecule has 0 amide bonds. The number of likely N-dealkylation sites (tertiary alicyclic amines) is 1. The van der Waals surface area contributed by atoms with Crippen LogP contribution in [-0.2, 0) is 6.54 Å². The number of aliphatic hydroxyl groups is 1. The number of β-amino-alcohol motifs (C(OH)–C–C–N with tert-alkyl or cyclic N) is 1. The molecule has 0 aromatic carbocycles. The molecule has 5 heteroatoms. The van der Waals surface area contributed by atoms with Crippen LogP contribution < -0.4 is 4.74 Å².